The average Bonchev–Trinajstić information content (AvgIpc) is 3.24. The summed E-state index contributed by atoms with van der Waals surface area (Å²) < 4.78 is 5.38. The molecule has 2 aliphatic heterocycles. The number of rotatable bonds is 5. The lowest BCUT2D eigenvalue weighted by Gasteiger charge is -2.19. The average molecular weight is 420 g/mol. The molecule has 1 N–H and O–H groups in total. The van der Waals surface area contributed by atoms with Crippen LogP contribution >= 0.6 is 0 Å². The number of hydrogen-bond donors (Lipinski definition) is 1. The van der Waals surface area contributed by atoms with E-state index in [1.165, 1.54) is 11.1 Å². The number of ether oxygens (including phenoxy) is 1. The summed E-state index contributed by atoms with van der Waals surface area (Å²) in [6.07, 6.45) is 19.3. The van der Waals surface area contributed by atoms with Crippen molar-refractivity contribution < 1.29 is 14.3 Å². The van der Waals surface area contributed by atoms with Crippen LogP contribution in [-0.2, 0) is 14.3 Å². The van der Waals surface area contributed by atoms with E-state index in [4.69, 9.17) is 4.74 Å². The Bertz CT molecular complexity index is 922. The van der Waals surface area contributed by atoms with Gasteiger partial charge in [0.1, 0.15) is 11.9 Å². The fourth-order valence-corrected chi connectivity index (χ4v) is 4.04. The van der Waals surface area contributed by atoms with Gasteiger partial charge >= 0.3 is 0 Å². The van der Waals surface area contributed by atoms with Gasteiger partial charge in [0, 0.05) is 32.0 Å². The van der Waals surface area contributed by atoms with Gasteiger partial charge < -0.3 is 15.0 Å². The van der Waals surface area contributed by atoms with Crippen molar-refractivity contribution in [3.63, 3.8) is 0 Å². The number of amides is 2. The molecular weight excluding hydrogens is 390 g/mol. The number of carbonyl (C=O) groups is 2. The maximum atomic E-state index is 12.7. The summed E-state index contributed by atoms with van der Waals surface area (Å²) in [5.41, 5.74) is 3.48. The van der Waals surface area contributed by atoms with Crippen LogP contribution in [-0.4, -0.2) is 47.5 Å². The number of nitrogens with one attached hydrogen (secondary N) is 1. The second-order valence-corrected chi connectivity index (χ2v) is 8.03. The Hall–Kier alpha value is -2.99. The molecule has 1 fully saturated rings. The second-order valence-electron chi connectivity index (χ2n) is 8.03. The van der Waals surface area contributed by atoms with E-state index in [0.717, 1.165) is 57.2 Å². The van der Waals surface area contributed by atoms with Crippen LogP contribution in [0.4, 0.5) is 5.82 Å². The zero-order valence-corrected chi connectivity index (χ0v) is 17.8. The van der Waals surface area contributed by atoms with Gasteiger partial charge in [0.25, 0.3) is 5.91 Å². The van der Waals surface area contributed by atoms with Crippen LogP contribution < -0.4 is 5.32 Å². The van der Waals surface area contributed by atoms with Crippen molar-refractivity contribution in [3.8, 4) is 0 Å². The molecular formula is C25H29N3O3. The molecule has 1 atom stereocenters. The van der Waals surface area contributed by atoms with Crippen LogP contribution in [0.25, 0.3) is 6.08 Å². The van der Waals surface area contributed by atoms with E-state index in [-0.39, 0.29) is 17.9 Å². The van der Waals surface area contributed by atoms with E-state index in [0.29, 0.717) is 12.4 Å². The molecule has 0 spiro atoms. The number of pyridine rings is 1. The smallest absolute Gasteiger partial charge is 0.254 e. The molecule has 1 aromatic heterocycles. The van der Waals surface area contributed by atoms with Crippen molar-refractivity contribution in [1.29, 1.82) is 0 Å². The third-order valence-electron chi connectivity index (χ3n) is 5.80. The van der Waals surface area contributed by atoms with Gasteiger partial charge in [-0.2, -0.15) is 0 Å². The van der Waals surface area contributed by atoms with Crippen molar-refractivity contribution in [2.45, 2.75) is 44.6 Å². The normalized spacial score (nSPS) is 21.5. The summed E-state index contributed by atoms with van der Waals surface area (Å²) in [7, 11) is 0. The molecule has 2 amide bonds. The molecule has 1 saturated heterocycles. The minimum atomic E-state index is -0.381. The predicted molar refractivity (Wildman–Crippen MR) is 121 cm³/mol. The quantitative estimate of drug-likeness (QED) is 0.732. The number of anilines is 1. The van der Waals surface area contributed by atoms with Crippen LogP contribution in [0, 0.1) is 0 Å². The van der Waals surface area contributed by atoms with Crippen molar-refractivity contribution >= 4 is 23.7 Å². The highest BCUT2D eigenvalue weighted by Gasteiger charge is 2.23. The van der Waals surface area contributed by atoms with E-state index in [9.17, 15) is 9.59 Å². The highest BCUT2D eigenvalue weighted by Crippen LogP contribution is 2.24. The number of hydrogen-bond acceptors (Lipinski definition) is 4. The summed E-state index contributed by atoms with van der Waals surface area (Å²) in [5.74, 6) is 0.344. The maximum absolute atomic E-state index is 12.7. The predicted octanol–water partition coefficient (Wildman–Crippen LogP) is 4.04. The molecule has 1 aliphatic carbocycles. The molecule has 4 rings (SSSR count). The highest BCUT2D eigenvalue weighted by atomic mass is 16.5. The van der Waals surface area contributed by atoms with Crippen LogP contribution in [0.15, 0.2) is 59.9 Å². The molecule has 31 heavy (non-hydrogen) atoms. The second kappa shape index (κ2) is 10.4. The molecule has 162 valence electrons. The Morgan fingerprint density at radius 3 is 2.84 bits per heavy atom. The van der Waals surface area contributed by atoms with E-state index in [1.807, 2.05) is 11.0 Å². The number of nitrogens with zero attached hydrogens (tertiary/aromatic N) is 2. The third-order valence-corrected chi connectivity index (χ3v) is 5.80. The van der Waals surface area contributed by atoms with Crippen molar-refractivity contribution in [2.24, 2.45) is 0 Å². The first-order chi connectivity index (χ1) is 15.2. The summed E-state index contributed by atoms with van der Waals surface area (Å²) in [6.45, 7) is 2.09. The van der Waals surface area contributed by atoms with Gasteiger partial charge in [0.2, 0.25) is 5.91 Å². The van der Waals surface area contributed by atoms with E-state index in [2.05, 4.69) is 34.6 Å². The van der Waals surface area contributed by atoms with Crippen molar-refractivity contribution in [3.05, 3.63) is 65.4 Å². The van der Waals surface area contributed by atoms with Crippen molar-refractivity contribution in [1.82, 2.24) is 9.88 Å². The molecule has 1 unspecified atom stereocenters. The summed E-state index contributed by atoms with van der Waals surface area (Å²) in [6, 6.07) is 3.58. The summed E-state index contributed by atoms with van der Waals surface area (Å²) in [4.78, 5) is 30.9. The third kappa shape index (κ3) is 5.79. The van der Waals surface area contributed by atoms with Gasteiger partial charge in [-0.1, -0.05) is 24.3 Å². The van der Waals surface area contributed by atoms with Crippen LogP contribution in [0.3, 0.4) is 0 Å². The fourth-order valence-electron chi connectivity index (χ4n) is 4.04. The standard InChI is InChI=1S/C25H29N3O3/c29-24(28-15-4-8-21(14-16-28)20-6-2-1-3-7-20)13-11-19-10-12-23(26-18-19)27-25(30)22-9-5-17-31-22/h2,6-8,10-13,18,22H,1,3-5,9,14-17H2,(H,26,27,30)/b13-11+. The Labute approximate surface area is 183 Å². The highest BCUT2D eigenvalue weighted by molar-refractivity contribution is 5.94. The first kappa shape index (κ1) is 21.2. The fraction of sp³-hybridized carbons (Fsp3) is 0.400. The van der Waals surface area contributed by atoms with Gasteiger partial charge in [-0.25, -0.2) is 4.98 Å². The van der Waals surface area contributed by atoms with Gasteiger partial charge in [0.15, 0.2) is 0 Å². The SMILES string of the molecule is O=C(Nc1ccc(/C=C/C(=O)N2CCC=C(C3=CCCC=C3)CC2)cn1)C1CCCO1. The lowest BCUT2D eigenvalue weighted by molar-refractivity contribution is -0.126. The first-order valence-electron chi connectivity index (χ1n) is 11.1. The Morgan fingerprint density at radius 2 is 2.10 bits per heavy atom. The minimum absolute atomic E-state index is 0.0126. The lowest BCUT2D eigenvalue weighted by atomic mass is 9.97. The largest absolute Gasteiger partial charge is 0.368 e. The van der Waals surface area contributed by atoms with Crippen LogP contribution in [0.1, 0.15) is 44.1 Å². The Morgan fingerprint density at radius 1 is 1.16 bits per heavy atom. The number of allylic oxidation sites excluding steroid dienone is 4. The Kier molecular flexibility index (Phi) is 7.10. The molecule has 1 aromatic rings. The molecule has 0 bridgehead atoms. The minimum Gasteiger partial charge on any atom is -0.368 e. The van der Waals surface area contributed by atoms with Gasteiger partial charge in [-0.15, -0.1) is 0 Å². The monoisotopic (exact) mass is 419 g/mol. The van der Waals surface area contributed by atoms with Crippen LogP contribution in [0.5, 0.6) is 0 Å². The molecule has 0 aromatic carbocycles. The molecule has 3 aliphatic rings. The maximum Gasteiger partial charge on any atom is 0.254 e. The van der Waals surface area contributed by atoms with Crippen molar-refractivity contribution in [2.75, 3.05) is 25.0 Å². The number of carbonyl (C=O) groups excluding carboxylic acids is 2. The first-order valence-corrected chi connectivity index (χ1v) is 11.1. The summed E-state index contributed by atoms with van der Waals surface area (Å²) in [5, 5.41) is 2.78. The lowest BCUT2D eigenvalue weighted by Crippen LogP contribution is -2.30. The van der Waals surface area contributed by atoms with Gasteiger partial charge in [-0.3, -0.25) is 9.59 Å². The zero-order valence-electron chi connectivity index (χ0n) is 17.8. The molecule has 3 heterocycles. The molecule has 0 saturated carbocycles. The topological polar surface area (TPSA) is 71.5 Å². The molecule has 6 nitrogen and oxygen atoms in total. The van der Waals surface area contributed by atoms with E-state index < -0.39 is 0 Å². The van der Waals surface area contributed by atoms with Crippen LogP contribution in [0.2, 0.25) is 0 Å². The molecule has 0 radical (unpaired) electrons. The summed E-state index contributed by atoms with van der Waals surface area (Å²) >= 11 is 0. The van der Waals surface area contributed by atoms with Gasteiger partial charge in [-0.05, 0) is 73.4 Å². The zero-order chi connectivity index (χ0) is 21.5. The van der Waals surface area contributed by atoms with Gasteiger partial charge in [0.05, 0.1) is 0 Å². The number of aromatic nitrogens is 1. The molecule has 6 heteroatoms. The van der Waals surface area contributed by atoms with E-state index >= 15 is 0 Å². The van der Waals surface area contributed by atoms with E-state index in [1.54, 1.807) is 24.4 Å². The Balaban J connectivity index is 1.28.